The lowest BCUT2D eigenvalue weighted by Crippen LogP contribution is -2.44. The Hall–Kier alpha value is -1.06. The number of halogens is 1. The molecular formula is C19H31ClN2O. The quantitative estimate of drug-likeness (QED) is 0.875. The summed E-state index contributed by atoms with van der Waals surface area (Å²) in [5.41, 5.74) is 7.34. The first-order valence-electron chi connectivity index (χ1n) is 8.61. The summed E-state index contributed by atoms with van der Waals surface area (Å²) in [7, 11) is 1.95. The van der Waals surface area contributed by atoms with E-state index in [-0.39, 0.29) is 30.3 Å². The number of benzene rings is 1. The number of rotatable bonds is 5. The summed E-state index contributed by atoms with van der Waals surface area (Å²) < 4.78 is 0. The van der Waals surface area contributed by atoms with Gasteiger partial charge in [0.25, 0.3) is 0 Å². The molecule has 2 unspecified atom stereocenters. The maximum absolute atomic E-state index is 12.8. The SMILES string of the molecule is CCC1CCC(N(C)C(=O)C(C)C(N)c2ccccc2)CC1.Cl. The molecule has 0 saturated heterocycles. The van der Waals surface area contributed by atoms with Crippen LogP contribution in [0.15, 0.2) is 30.3 Å². The highest BCUT2D eigenvalue weighted by molar-refractivity contribution is 5.85. The van der Waals surface area contributed by atoms with Gasteiger partial charge >= 0.3 is 0 Å². The second-order valence-corrected chi connectivity index (χ2v) is 6.76. The zero-order valence-corrected chi connectivity index (χ0v) is 15.4. The number of hydrogen-bond donors (Lipinski definition) is 1. The van der Waals surface area contributed by atoms with Gasteiger partial charge in [-0.15, -0.1) is 12.4 Å². The van der Waals surface area contributed by atoms with Crippen molar-refractivity contribution in [2.24, 2.45) is 17.6 Å². The minimum absolute atomic E-state index is 0. The number of carbonyl (C=O) groups excluding carboxylic acids is 1. The van der Waals surface area contributed by atoms with E-state index < -0.39 is 0 Å². The van der Waals surface area contributed by atoms with E-state index in [1.165, 1.54) is 19.3 Å². The predicted octanol–water partition coefficient (Wildman–Crippen LogP) is 4.17. The lowest BCUT2D eigenvalue weighted by molar-refractivity contribution is -0.137. The molecule has 1 aromatic carbocycles. The Morgan fingerprint density at radius 3 is 2.30 bits per heavy atom. The molecule has 0 heterocycles. The second kappa shape index (κ2) is 9.29. The van der Waals surface area contributed by atoms with Gasteiger partial charge in [-0.05, 0) is 37.2 Å². The number of nitrogens with two attached hydrogens (primary N) is 1. The van der Waals surface area contributed by atoms with Gasteiger partial charge in [0.15, 0.2) is 0 Å². The predicted molar refractivity (Wildman–Crippen MR) is 98.6 cm³/mol. The Labute approximate surface area is 147 Å². The molecule has 1 amide bonds. The van der Waals surface area contributed by atoms with Crippen LogP contribution < -0.4 is 5.73 Å². The molecule has 1 saturated carbocycles. The van der Waals surface area contributed by atoms with Gasteiger partial charge in [0.2, 0.25) is 5.91 Å². The number of amides is 1. The molecule has 130 valence electrons. The molecule has 0 spiro atoms. The van der Waals surface area contributed by atoms with Gasteiger partial charge in [0.1, 0.15) is 0 Å². The number of nitrogens with zero attached hydrogens (tertiary/aromatic N) is 1. The van der Waals surface area contributed by atoms with Gasteiger partial charge in [-0.25, -0.2) is 0 Å². The fraction of sp³-hybridized carbons (Fsp3) is 0.632. The van der Waals surface area contributed by atoms with E-state index in [0.717, 1.165) is 24.3 Å². The first kappa shape index (κ1) is 20.0. The maximum atomic E-state index is 12.8. The lowest BCUT2D eigenvalue weighted by atomic mass is 9.83. The zero-order chi connectivity index (χ0) is 16.1. The van der Waals surface area contributed by atoms with Crippen molar-refractivity contribution >= 4 is 18.3 Å². The van der Waals surface area contributed by atoms with Crippen LogP contribution in [0.2, 0.25) is 0 Å². The van der Waals surface area contributed by atoms with E-state index in [9.17, 15) is 4.79 Å². The standard InChI is InChI=1S/C19H30N2O.ClH/c1-4-15-10-12-17(13-11-15)21(3)19(22)14(2)18(20)16-8-6-5-7-9-16;/h5-9,14-15,17-18H,4,10-13,20H2,1-3H3;1H. The Bertz CT molecular complexity index is 472. The molecule has 0 aliphatic heterocycles. The first-order chi connectivity index (χ1) is 10.5. The monoisotopic (exact) mass is 338 g/mol. The van der Waals surface area contributed by atoms with Crippen molar-refractivity contribution in [3.05, 3.63) is 35.9 Å². The third-order valence-electron chi connectivity index (χ3n) is 5.40. The van der Waals surface area contributed by atoms with Gasteiger partial charge in [-0.2, -0.15) is 0 Å². The largest absolute Gasteiger partial charge is 0.342 e. The lowest BCUT2D eigenvalue weighted by Gasteiger charge is -2.36. The van der Waals surface area contributed by atoms with Gasteiger partial charge in [0, 0.05) is 19.1 Å². The molecule has 2 N–H and O–H groups in total. The van der Waals surface area contributed by atoms with Crippen LogP contribution in [-0.2, 0) is 4.79 Å². The fourth-order valence-electron chi connectivity index (χ4n) is 3.56. The van der Waals surface area contributed by atoms with Crippen molar-refractivity contribution in [2.75, 3.05) is 7.05 Å². The zero-order valence-electron chi connectivity index (χ0n) is 14.6. The van der Waals surface area contributed by atoms with E-state index in [4.69, 9.17) is 5.73 Å². The summed E-state index contributed by atoms with van der Waals surface area (Å²) in [6.45, 7) is 4.22. The molecule has 1 fully saturated rings. The highest BCUT2D eigenvalue weighted by atomic mass is 35.5. The van der Waals surface area contributed by atoms with Crippen LogP contribution in [0.1, 0.15) is 57.6 Å². The Morgan fingerprint density at radius 1 is 1.22 bits per heavy atom. The molecule has 4 heteroatoms. The minimum atomic E-state index is -0.233. The van der Waals surface area contributed by atoms with E-state index >= 15 is 0 Å². The summed E-state index contributed by atoms with van der Waals surface area (Å²) >= 11 is 0. The average molecular weight is 339 g/mol. The maximum Gasteiger partial charge on any atom is 0.227 e. The van der Waals surface area contributed by atoms with Crippen molar-refractivity contribution < 1.29 is 4.79 Å². The van der Waals surface area contributed by atoms with Crippen LogP contribution in [0, 0.1) is 11.8 Å². The molecule has 1 aromatic rings. The molecule has 23 heavy (non-hydrogen) atoms. The van der Waals surface area contributed by atoms with Crippen molar-refractivity contribution in [3.8, 4) is 0 Å². The molecular weight excluding hydrogens is 308 g/mol. The fourth-order valence-corrected chi connectivity index (χ4v) is 3.56. The van der Waals surface area contributed by atoms with E-state index in [1.807, 2.05) is 49.2 Å². The highest BCUT2D eigenvalue weighted by Crippen LogP contribution is 2.30. The third kappa shape index (κ3) is 4.95. The number of hydrogen-bond acceptors (Lipinski definition) is 2. The van der Waals surface area contributed by atoms with E-state index in [1.54, 1.807) is 0 Å². The highest BCUT2D eigenvalue weighted by Gasteiger charge is 2.30. The second-order valence-electron chi connectivity index (χ2n) is 6.76. The summed E-state index contributed by atoms with van der Waals surface area (Å²) in [4.78, 5) is 14.7. The average Bonchev–Trinajstić information content (AvgIpc) is 2.60. The Kier molecular flexibility index (Phi) is 8.07. The molecule has 2 atom stereocenters. The first-order valence-corrected chi connectivity index (χ1v) is 8.61. The van der Waals surface area contributed by atoms with E-state index in [2.05, 4.69) is 6.92 Å². The van der Waals surface area contributed by atoms with Crippen molar-refractivity contribution in [1.29, 1.82) is 0 Å². The number of carbonyl (C=O) groups is 1. The van der Waals surface area contributed by atoms with Crippen LogP contribution in [0.5, 0.6) is 0 Å². The third-order valence-corrected chi connectivity index (χ3v) is 5.40. The van der Waals surface area contributed by atoms with Crippen molar-refractivity contribution in [3.63, 3.8) is 0 Å². The summed E-state index contributed by atoms with van der Waals surface area (Å²) in [5.74, 6) is 0.844. The van der Waals surface area contributed by atoms with Crippen LogP contribution in [0.3, 0.4) is 0 Å². The molecule has 1 aliphatic carbocycles. The Morgan fingerprint density at radius 2 is 1.78 bits per heavy atom. The van der Waals surface area contributed by atoms with Crippen LogP contribution in [-0.4, -0.2) is 23.9 Å². The molecule has 2 rings (SSSR count). The van der Waals surface area contributed by atoms with Gasteiger partial charge < -0.3 is 10.6 Å². The topological polar surface area (TPSA) is 46.3 Å². The molecule has 0 aromatic heterocycles. The molecule has 1 aliphatic rings. The van der Waals surface area contributed by atoms with Gasteiger partial charge in [0.05, 0.1) is 5.92 Å². The van der Waals surface area contributed by atoms with Gasteiger partial charge in [-0.3, -0.25) is 4.79 Å². The summed E-state index contributed by atoms with van der Waals surface area (Å²) in [5, 5.41) is 0. The van der Waals surface area contributed by atoms with E-state index in [0.29, 0.717) is 6.04 Å². The van der Waals surface area contributed by atoms with Crippen molar-refractivity contribution in [1.82, 2.24) is 4.90 Å². The summed E-state index contributed by atoms with van der Waals surface area (Å²) in [6.07, 6.45) is 6.03. The Balaban J connectivity index is 0.00000264. The molecule has 0 radical (unpaired) electrons. The van der Waals surface area contributed by atoms with Crippen LogP contribution >= 0.6 is 12.4 Å². The molecule has 0 bridgehead atoms. The van der Waals surface area contributed by atoms with Crippen LogP contribution in [0.25, 0.3) is 0 Å². The normalized spacial score (nSPS) is 23.5. The van der Waals surface area contributed by atoms with Gasteiger partial charge in [-0.1, -0.05) is 50.6 Å². The minimum Gasteiger partial charge on any atom is -0.342 e. The molecule has 3 nitrogen and oxygen atoms in total. The van der Waals surface area contributed by atoms with Crippen LogP contribution in [0.4, 0.5) is 0 Å². The summed E-state index contributed by atoms with van der Waals surface area (Å²) in [6, 6.07) is 10.1. The smallest absolute Gasteiger partial charge is 0.227 e. The van der Waals surface area contributed by atoms with Crippen molar-refractivity contribution in [2.45, 2.75) is 58.0 Å².